The lowest BCUT2D eigenvalue weighted by molar-refractivity contribution is -0.165. The summed E-state index contributed by atoms with van der Waals surface area (Å²) in [7, 11) is -0.581. The number of fused-ring (bicyclic) bond motifs is 4. The summed E-state index contributed by atoms with van der Waals surface area (Å²) in [5.41, 5.74) is 4.40. The molecule has 314 valence electrons. The first-order valence-corrected chi connectivity index (χ1v) is 22.0. The molecule has 59 heavy (non-hydrogen) atoms. The summed E-state index contributed by atoms with van der Waals surface area (Å²) >= 11 is 0. The Hall–Kier alpha value is -5.04. The molecule has 1 aromatic heterocycles. The van der Waals surface area contributed by atoms with Crippen molar-refractivity contribution in [3.63, 3.8) is 0 Å². The number of carbonyl (C=O) groups excluding carboxylic acids is 4. The lowest BCUT2D eigenvalue weighted by Crippen LogP contribution is -2.62. The van der Waals surface area contributed by atoms with E-state index in [0.29, 0.717) is 25.1 Å². The van der Waals surface area contributed by atoms with Gasteiger partial charge in [-0.25, -0.2) is 5.43 Å². The molecule has 0 saturated carbocycles. The van der Waals surface area contributed by atoms with Crippen molar-refractivity contribution in [1.29, 1.82) is 0 Å². The number of aromatic nitrogens is 1. The number of benzene rings is 3. The first-order valence-electron chi connectivity index (χ1n) is 20.5. The van der Waals surface area contributed by atoms with E-state index in [-0.39, 0.29) is 18.6 Å². The van der Waals surface area contributed by atoms with Gasteiger partial charge < -0.3 is 19.1 Å². The monoisotopic (exact) mass is 821 g/mol. The van der Waals surface area contributed by atoms with Crippen LogP contribution in [0.15, 0.2) is 107 Å². The number of amides is 3. The smallest absolute Gasteiger partial charge is 0.316 e. The molecule has 0 spiro atoms. The quantitative estimate of drug-likeness (QED) is 0.187. The van der Waals surface area contributed by atoms with Crippen LogP contribution in [0.3, 0.4) is 0 Å². The van der Waals surface area contributed by atoms with Crippen molar-refractivity contribution in [2.75, 3.05) is 20.2 Å². The second kappa shape index (κ2) is 17.7. The van der Waals surface area contributed by atoms with Gasteiger partial charge in [0.15, 0.2) is 6.10 Å². The van der Waals surface area contributed by atoms with Gasteiger partial charge in [-0.15, -0.1) is 0 Å². The standard InChI is InChI=1S/C47H59N5O6S/c1-31(2)41-42(53)49-40(30-57-59(46(4,5)6,35-17-12-10-13-18-35)36-19-14-11-15-20-36)44(55)52-28-16-21-38(50-52)43(54)51(9)32(3)37-25-24-34-23-22-33(29-39(34)48-37)26-27-47(7,8)45(56)58-41/h10-15,17-20,22-27,29,31-32,38,40-41,50H,16,21,28,30H2,1-9H3,(H,49,53)/b27-26+/t32-,38?,40?,41?/m1/s1. The Bertz CT molecular complexity index is 2150. The molecule has 3 unspecified atom stereocenters. The summed E-state index contributed by atoms with van der Waals surface area (Å²) < 4.78 is 12.7. The molecule has 3 heterocycles. The second-order valence-corrected chi connectivity index (χ2v) is 20.9. The van der Waals surface area contributed by atoms with E-state index in [4.69, 9.17) is 13.9 Å². The van der Waals surface area contributed by atoms with Crippen molar-refractivity contribution in [2.24, 2.45) is 11.3 Å². The predicted octanol–water partition coefficient (Wildman–Crippen LogP) is 8.01. The molecule has 0 aliphatic carbocycles. The van der Waals surface area contributed by atoms with Gasteiger partial charge in [0.2, 0.25) is 5.91 Å². The number of hydrogen-bond donors (Lipinski definition) is 2. The van der Waals surface area contributed by atoms with Gasteiger partial charge in [0, 0.05) is 33.5 Å². The summed E-state index contributed by atoms with van der Waals surface area (Å²) in [6.07, 6.45) is 3.44. The largest absolute Gasteiger partial charge is 0.451 e. The van der Waals surface area contributed by atoms with Gasteiger partial charge in [0.1, 0.15) is 12.1 Å². The van der Waals surface area contributed by atoms with Gasteiger partial charge in [-0.1, -0.05) is 90.9 Å². The van der Waals surface area contributed by atoms with Crippen LogP contribution >= 0.6 is 10.3 Å². The number of pyridine rings is 1. The molecule has 1 saturated heterocycles. The first-order chi connectivity index (χ1) is 27.9. The van der Waals surface area contributed by atoms with E-state index in [0.717, 1.165) is 26.3 Å². The van der Waals surface area contributed by atoms with Gasteiger partial charge in [0.25, 0.3) is 11.8 Å². The molecule has 2 aliphatic rings. The van der Waals surface area contributed by atoms with Gasteiger partial charge in [-0.05, 0) is 102 Å². The Kier molecular flexibility index (Phi) is 13.0. The molecular weight excluding hydrogens is 763 g/mol. The summed E-state index contributed by atoms with van der Waals surface area (Å²) in [4.78, 5) is 65.8. The van der Waals surface area contributed by atoms with E-state index in [1.807, 2.05) is 104 Å². The van der Waals surface area contributed by atoms with E-state index < -0.39 is 62.4 Å². The minimum absolute atomic E-state index is 0.185. The van der Waals surface area contributed by atoms with E-state index in [1.54, 1.807) is 45.7 Å². The molecule has 1 fully saturated rings. The van der Waals surface area contributed by atoms with Crippen molar-refractivity contribution in [3.8, 4) is 0 Å². The summed E-state index contributed by atoms with van der Waals surface area (Å²) in [5, 5.41) is 5.33. The second-order valence-electron chi connectivity index (χ2n) is 17.4. The third-order valence-corrected chi connectivity index (χ3v) is 15.3. The average Bonchev–Trinajstić information content (AvgIpc) is 3.23. The molecule has 11 nitrogen and oxygen atoms in total. The topological polar surface area (TPSA) is 130 Å². The van der Waals surface area contributed by atoms with Crippen LogP contribution in [0.1, 0.15) is 85.5 Å². The maximum Gasteiger partial charge on any atom is 0.316 e. The normalized spacial score (nSPS) is 23.2. The van der Waals surface area contributed by atoms with Crippen LogP contribution < -0.4 is 10.7 Å². The Labute approximate surface area is 350 Å². The van der Waals surface area contributed by atoms with Crippen molar-refractivity contribution in [1.82, 2.24) is 25.6 Å². The fraction of sp³-hybridized carbons (Fsp3) is 0.426. The minimum atomic E-state index is -2.33. The fourth-order valence-electron chi connectivity index (χ4n) is 7.54. The number of rotatable bonds is 6. The molecule has 4 atom stereocenters. The number of hydrazine groups is 1. The molecule has 12 heteroatoms. The SMILES string of the molecule is CC(C)C1OC(=O)C(C)(C)/C=C/c2ccc3ccc(nc3c2)[C@@H](C)N(C)C(=O)C2CCCN(N2)C(=O)C(COS(c2ccccc2)(c2ccccc2)C(C)(C)C)NC1=O. The van der Waals surface area contributed by atoms with Crippen LogP contribution in [0, 0.1) is 11.3 Å². The number of likely N-dealkylation sites (N-methyl/N-ethyl adjacent to an activating group) is 1. The Morgan fingerprint density at radius 3 is 2.15 bits per heavy atom. The fourth-order valence-corrected chi connectivity index (χ4v) is 11.3. The number of esters is 1. The molecular formula is C47H59N5O6S. The van der Waals surface area contributed by atoms with Crippen LogP contribution in [-0.4, -0.2) is 81.7 Å². The molecule has 5 bridgehead atoms. The third-order valence-electron chi connectivity index (χ3n) is 11.2. The summed E-state index contributed by atoms with van der Waals surface area (Å²) in [5.74, 6) is -2.29. The van der Waals surface area contributed by atoms with E-state index in [9.17, 15) is 19.2 Å². The van der Waals surface area contributed by atoms with Crippen molar-refractivity contribution in [2.45, 2.75) is 107 Å². The maximum atomic E-state index is 14.9. The highest BCUT2D eigenvalue weighted by Gasteiger charge is 2.44. The highest BCUT2D eigenvalue weighted by molar-refractivity contribution is 8.31. The number of nitrogens with one attached hydrogen (secondary N) is 2. The average molecular weight is 822 g/mol. The van der Waals surface area contributed by atoms with Gasteiger partial charge in [-0.3, -0.25) is 29.2 Å². The Balaban J connectivity index is 1.42. The lowest BCUT2D eigenvalue weighted by atomic mass is 9.92. The third kappa shape index (κ3) is 9.25. The molecule has 2 N–H and O–H groups in total. The zero-order valence-corrected chi connectivity index (χ0v) is 36.5. The molecule has 2 aliphatic heterocycles. The van der Waals surface area contributed by atoms with Crippen LogP contribution in [0.4, 0.5) is 0 Å². The van der Waals surface area contributed by atoms with Crippen LogP contribution in [0.5, 0.6) is 0 Å². The lowest BCUT2D eigenvalue weighted by Gasteiger charge is -2.50. The zero-order valence-electron chi connectivity index (χ0n) is 35.7. The first kappa shape index (κ1) is 43.5. The van der Waals surface area contributed by atoms with Gasteiger partial charge in [-0.2, -0.15) is 0 Å². The minimum Gasteiger partial charge on any atom is -0.451 e. The zero-order chi connectivity index (χ0) is 42.7. The van der Waals surface area contributed by atoms with E-state index >= 15 is 0 Å². The van der Waals surface area contributed by atoms with Crippen molar-refractivity contribution in [3.05, 3.63) is 108 Å². The Morgan fingerprint density at radius 2 is 1.54 bits per heavy atom. The van der Waals surface area contributed by atoms with Crippen molar-refractivity contribution < 1.29 is 28.1 Å². The number of nitrogens with zero attached hydrogens (tertiary/aromatic N) is 3. The molecule has 6 rings (SSSR count). The van der Waals surface area contributed by atoms with Crippen LogP contribution in [-0.2, 0) is 28.1 Å². The number of cyclic esters (lactones) is 1. The predicted molar refractivity (Wildman–Crippen MR) is 233 cm³/mol. The number of carbonyl (C=O) groups is 4. The highest BCUT2D eigenvalue weighted by atomic mass is 32.3. The van der Waals surface area contributed by atoms with E-state index in [1.165, 1.54) is 5.01 Å². The maximum absolute atomic E-state index is 14.9. The summed E-state index contributed by atoms with van der Waals surface area (Å²) in [6.45, 7) is 15.5. The van der Waals surface area contributed by atoms with E-state index in [2.05, 4.69) is 31.5 Å². The Morgan fingerprint density at radius 1 is 0.915 bits per heavy atom. The summed E-state index contributed by atoms with van der Waals surface area (Å²) in [6, 6.07) is 27.4. The number of ether oxygens (including phenoxy) is 1. The molecule has 4 aromatic rings. The molecule has 3 aromatic carbocycles. The van der Waals surface area contributed by atoms with Gasteiger partial charge >= 0.3 is 5.97 Å². The van der Waals surface area contributed by atoms with Crippen LogP contribution in [0.25, 0.3) is 17.0 Å². The van der Waals surface area contributed by atoms with Gasteiger partial charge in [0.05, 0.1) is 29.3 Å². The highest BCUT2D eigenvalue weighted by Crippen LogP contribution is 2.71. The van der Waals surface area contributed by atoms with Crippen molar-refractivity contribution >= 4 is 51.0 Å². The molecule has 3 amide bonds. The van der Waals surface area contributed by atoms with Crippen LogP contribution in [0.2, 0.25) is 0 Å². The number of hydrogen-bond acceptors (Lipinski definition) is 8. The molecule has 0 radical (unpaired) electrons.